The molecule has 0 spiro atoms. The summed E-state index contributed by atoms with van der Waals surface area (Å²) in [7, 11) is 0. The van der Waals surface area contributed by atoms with Gasteiger partial charge in [-0.05, 0) is 6.37 Å². The highest BCUT2D eigenvalue weighted by Crippen LogP contribution is 2.10. The van der Waals surface area contributed by atoms with E-state index in [4.69, 9.17) is 106 Å². The zero-order valence-corrected chi connectivity index (χ0v) is 32.0. The summed E-state index contributed by atoms with van der Waals surface area (Å²) in [6.07, 6.45) is -46.5. The molecule has 0 aromatic carbocycles. The molecule has 0 unspecified atom stereocenters. The van der Waals surface area contributed by atoms with E-state index >= 15 is 0 Å². The van der Waals surface area contributed by atoms with Gasteiger partial charge in [0.25, 0.3) is 0 Å². The van der Waals surface area contributed by atoms with Gasteiger partial charge in [-0.15, -0.1) is 0 Å². The molecule has 0 aromatic heterocycles. The Labute approximate surface area is 368 Å². The van der Waals surface area contributed by atoms with Gasteiger partial charge < -0.3 is 71.4 Å². The second kappa shape index (κ2) is 53.4. The van der Waals surface area contributed by atoms with Crippen LogP contribution in [0.25, 0.3) is 0 Å². The molecule has 15 nitrogen and oxygen atoms in total. The molecule has 0 saturated carbocycles. The first-order valence-electron chi connectivity index (χ1n) is 30.6. The highest BCUT2D eigenvalue weighted by molar-refractivity contribution is 4.48. The van der Waals surface area contributed by atoms with Crippen molar-refractivity contribution >= 4 is 0 Å². The van der Waals surface area contributed by atoms with E-state index in [2.05, 4.69) is 0 Å². The van der Waals surface area contributed by atoms with Gasteiger partial charge >= 0.3 is 0 Å². The molecule has 0 aliphatic rings. The summed E-state index contributed by atoms with van der Waals surface area (Å²) in [4.78, 5) is 0. The largest absolute Gasteiger partial charge is 0.394 e. The highest BCUT2D eigenvalue weighted by Gasteiger charge is 1.98. The third-order valence-electron chi connectivity index (χ3n) is 5.72. The fraction of sp³-hybridized carbons (Fsp3) is 1.00. The van der Waals surface area contributed by atoms with Crippen molar-refractivity contribution in [3.63, 3.8) is 0 Å². The van der Waals surface area contributed by atoms with Crippen molar-refractivity contribution in [1.29, 1.82) is 0 Å². The molecule has 0 heterocycles. The summed E-state index contributed by atoms with van der Waals surface area (Å²) < 4.78 is 276. The number of aliphatic hydroxyl groups excluding tert-OH is 1. The van der Waals surface area contributed by atoms with Crippen molar-refractivity contribution in [3.8, 4) is 0 Å². The second-order valence-electron chi connectivity index (χ2n) is 9.88. The molecule has 332 valence electrons. The minimum Gasteiger partial charge on any atom is -0.394 e. The first-order chi connectivity index (χ1) is 36.8. The Morgan fingerprint density at radius 2 is 0.473 bits per heavy atom. The number of ether oxygens (including phenoxy) is 14. The van der Waals surface area contributed by atoms with Crippen molar-refractivity contribution in [2.45, 2.75) is 70.6 Å². The fourth-order valence-corrected chi connectivity index (χ4v) is 3.27. The highest BCUT2D eigenvalue weighted by atomic mass is 16.6. The van der Waals surface area contributed by atoms with Crippen LogP contribution in [0.5, 0.6) is 0 Å². The van der Waals surface area contributed by atoms with Crippen LogP contribution in [0.2, 0.25) is 0 Å². The van der Waals surface area contributed by atoms with Crippen molar-refractivity contribution in [1.82, 2.24) is 0 Å². The number of hydrogen-bond acceptors (Lipinski definition) is 15. The lowest BCUT2D eigenvalue weighted by molar-refractivity contribution is -0.0297. The first kappa shape index (κ1) is 25.2. The zero-order chi connectivity index (χ0) is 61.7. The van der Waals surface area contributed by atoms with Crippen LogP contribution < -0.4 is 0 Å². The molecule has 0 radical (unpaired) electrons. The van der Waals surface area contributed by atoms with Crippen LogP contribution in [-0.4, -0.2) is 197 Å². The van der Waals surface area contributed by atoms with Crippen LogP contribution in [0.15, 0.2) is 0 Å². The maximum atomic E-state index is 8.60. The summed E-state index contributed by atoms with van der Waals surface area (Å²) in [5, 5.41) is 8.60. The van der Waals surface area contributed by atoms with Gasteiger partial charge in [-0.25, -0.2) is 0 Å². The summed E-state index contributed by atoms with van der Waals surface area (Å²) in [5.41, 5.74) is 0. The lowest BCUT2D eigenvalue weighted by atomic mass is 10.1. The van der Waals surface area contributed by atoms with Gasteiger partial charge in [-0.1, -0.05) is 64.2 Å². The van der Waals surface area contributed by atoms with Crippen LogP contribution in [0, 0.1) is 0 Å². The SMILES string of the molecule is [2H]C([2H])([2H])C([2H])([2H])C([2H])([2H])C([2H])([2H])C([2H])([2H])C([2H])([2H])C([2H])([2H])C([2H])([2H])C([2H])([2H])C([2H])([2H])C([2H])([2H])C([2H])([2H])OCCOCCOCCOCCOCCOCCOCCOCCOCCOCCOCCOCCOCCOCCO. The molecule has 55 heavy (non-hydrogen) atoms. The Bertz CT molecular complexity index is 1620. The summed E-state index contributed by atoms with van der Waals surface area (Å²) in [5.74, 6) is 0. The van der Waals surface area contributed by atoms with Crippen molar-refractivity contribution in [2.24, 2.45) is 0 Å². The molecular formula is C40H82O15. The topological polar surface area (TPSA) is 149 Å². The van der Waals surface area contributed by atoms with Gasteiger partial charge in [0.2, 0.25) is 0 Å². The molecule has 0 rings (SSSR count). The molecule has 0 bridgehead atoms. The van der Waals surface area contributed by atoms with Crippen LogP contribution in [0.1, 0.15) is 105 Å². The van der Waals surface area contributed by atoms with Gasteiger partial charge in [-0.3, -0.25) is 0 Å². The van der Waals surface area contributed by atoms with Crippen molar-refractivity contribution in [2.75, 3.05) is 192 Å². The number of rotatable bonds is 52. The van der Waals surface area contributed by atoms with Crippen molar-refractivity contribution in [3.05, 3.63) is 0 Å². The minimum atomic E-state index is -4.87. The molecule has 1 N–H and O–H groups in total. The standard InChI is InChI=1S/C40H82O15/c1-2-3-4-5-6-7-8-9-10-11-13-42-15-17-44-19-21-46-23-25-48-27-29-50-31-33-52-35-37-54-39-40-55-38-36-53-34-32-51-30-28-49-26-24-47-22-20-45-18-16-43-14-12-41/h41H,2-40H2,1H3/i1D3,2D2,3D2,4D2,5D2,6D2,7D2,8D2,9D2,10D2,11D2,13D2. The van der Waals surface area contributed by atoms with E-state index in [1.807, 2.05) is 0 Å². The van der Waals surface area contributed by atoms with Crippen LogP contribution in [0.3, 0.4) is 0 Å². The average Bonchev–Trinajstić information content (AvgIpc) is 3.35. The Balaban J connectivity index is 4.29. The molecule has 0 saturated heterocycles. The molecule has 0 aliphatic heterocycles. The quantitative estimate of drug-likeness (QED) is 0.0876. The van der Waals surface area contributed by atoms with E-state index in [-0.39, 0.29) is 46.2 Å². The Morgan fingerprint density at radius 1 is 0.273 bits per heavy atom. The predicted molar refractivity (Wildman–Crippen MR) is 210 cm³/mol. The third-order valence-corrected chi connectivity index (χ3v) is 5.72. The lowest BCUT2D eigenvalue weighted by Gasteiger charge is -2.09. The van der Waals surface area contributed by atoms with E-state index in [1.165, 1.54) is 0 Å². The van der Waals surface area contributed by atoms with E-state index in [9.17, 15) is 0 Å². The predicted octanol–water partition coefficient (Wildman–Crippen LogP) is 4.13. The Morgan fingerprint density at radius 3 is 0.709 bits per heavy atom. The maximum absolute atomic E-state index is 8.60. The Hall–Kier alpha value is -0.600. The number of aliphatic hydroxyl groups is 1. The van der Waals surface area contributed by atoms with Gasteiger partial charge in [0.1, 0.15) is 0 Å². The van der Waals surface area contributed by atoms with E-state index in [1.54, 1.807) is 0 Å². The third kappa shape index (κ3) is 53.4. The summed E-state index contributed by atoms with van der Waals surface area (Å²) in [6.45, 7) is -0.711. The monoisotopic (exact) mass is 828 g/mol. The van der Waals surface area contributed by atoms with Crippen LogP contribution in [-0.2, 0) is 66.3 Å². The van der Waals surface area contributed by atoms with Gasteiger partial charge in [0.05, 0.1) is 188 Å². The van der Waals surface area contributed by atoms with Gasteiger partial charge in [0.15, 0.2) is 0 Å². The minimum absolute atomic E-state index is 0.00138. The molecule has 0 atom stereocenters. The molecule has 0 fully saturated rings. The smallest absolute Gasteiger partial charge is 0.0701 e. The molecule has 0 aliphatic carbocycles. The summed E-state index contributed by atoms with van der Waals surface area (Å²) in [6, 6.07) is 0. The maximum Gasteiger partial charge on any atom is 0.0701 e. The molecule has 0 amide bonds. The molecular weight excluding hydrogens is 720 g/mol. The average molecular weight is 828 g/mol. The second-order valence-corrected chi connectivity index (χ2v) is 9.88. The molecule has 15 heteroatoms. The van der Waals surface area contributed by atoms with Crippen molar-refractivity contribution < 1.29 is 106 Å². The van der Waals surface area contributed by atoms with Gasteiger partial charge in [-0.2, -0.15) is 0 Å². The zero-order valence-electron chi connectivity index (χ0n) is 57.0. The Kier molecular flexibility index (Phi) is 24.5. The van der Waals surface area contributed by atoms with E-state index < -0.39 is 90.4 Å². The first-order valence-corrected chi connectivity index (χ1v) is 18.1. The van der Waals surface area contributed by atoms with Gasteiger partial charge in [0, 0.05) is 38.1 Å². The molecule has 0 aromatic rings. The summed E-state index contributed by atoms with van der Waals surface area (Å²) >= 11 is 0. The van der Waals surface area contributed by atoms with E-state index in [0.29, 0.717) is 126 Å². The van der Waals surface area contributed by atoms with E-state index in [0.717, 1.165) is 0 Å². The van der Waals surface area contributed by atoms with Crippen LogP contribution >= 0.6 is 0 Å². The number of hydrogen-bond donors (Lipinski definition) is 1. The van der Waals surface area contributed by atoms with Crippen LogP contribution in [0.4, 0.5) is 0 Å². The lowest BCUT2D eigenvalue weighted by Crippen LogP contribution is -2.15. The fourth-order valence-electron chi connectivity index (χ4n) is 3.27. The normalized spacial score (nSPS) is 21.5.